The van der Waals surface area contributed by atoms with Crippen LogP contribution in [0.4, 0.5) is 0 Å². The molecule has 39 heavy (non-hydrogen) atoms. The first-order chi connectivity index (χ1) is 18.4. The van der Waals surface area contributed by atoms with Crippen molar-refractivity contribution in [1.29, 1.82) is 0 Å². The monoisotopic (exact) mass is 628 g/mol. The van der Waals surface area contributed by atoms with Gasteiger partial charge in [0.1, 0.15) is 0 Å². The molecule has 0 aliphatic heterocycles. The number of hydrogen-bond donors (Lipinski definition) is 1. The van der Waals surface area contributed by atoms with Crippen molar-refractivity contribution in [3.8, 4) is 0 Å². The zero-order chi connectivity index (χ0) is 28.4. The van der Waals surface area contributed by atoms with Crippen molar-refractivity contribution < 1.29 is 25.8 Å². The fourth-order valence-corrected chi connectivity index (χ4v) is 9.68. The number of benzene rings is 4. The molecule has 4 aromatic carbocycles. The van der Waals surface area contributed by atoms with E-state index >= 15 is 0 Å². The van der Waals surface area contributed by atoms with Gasteiger partial charge in [-0.25, -0.2) is 0 Å². The minimum absolute atomic E-state index is 0.0774. The molecule has 0 aliphatic rings. The molecule has 4 rings (SSSR count). The number of sulfonamides is 1. The second-order valence-electron chi connectivity index (χ2n) is 11.1. The first-order valence-electron chi connectivity index (χ1n) is 13.1. The van der Waals surface area contributed by atoms with E-state index < -0.39 is 39.5 Å². The van der Waals surface area contributed by atoms with Crippen LogP contribution < -0.4 is 9.89 Å². The van der Waals surface area contributed by atoms with E-state index in [0.29, 0.717) is 0 Å². The number of nitrogens with zero attached hydrogens (tertiary/aromatic N) is 1. The average molecular weight is 628 g/mol. The molecule has 2 N–H and O–H groups in total. The topological polar surface area (TPSA) is 63.4 Å². The van der Waals surface area contributed by atoms with Crippen molar-refractivity contribution >= 4 is 14.2 Å². The van der Waals surface area contributed by atoms with E-state index in [0.717, 1.165) is 32.0 Å². The van der Waals surface area contributed by atoms with Crippen LogP contribution in [0.25, 0.3) is 0 Å². The normalized spacial score (nSPS) is 13.9. The van der Waals surface area contributed by atoms with Gasteiger partial charge in [-0.1, -0.05) is 0 Å². The van der Waals surface area contributed by atoms with Gasteiger partial charge in [-0.05, 0) is 0 Å². The van der Waals surface area contributed by atoms with E-state index in [1.54, 1.807) is 15.2 Å². The summed E-state index contributed by atoms with van der Waals surface area (Å²) in [5, 5.41) is 0. The fraction of sp³-hybridized carbons (Fsp3) is 0.273. The molecule has 206 valence electrons. The summed E-state index contributed by atoms with van der Waals surface area (Å²) in [4.78, 5) is 0.286. The molecule has 0 heterocycles. The van der Waals surface area contributed by atoms with Gasteiger partial charge in [-0.3, -0.25) is 0 Å². The maximum atomic E-state index is 14.6. The van der Waals surface area contributed by atoms with E-state index in [1.807, 2.05) is 72.8 Å². The van der Waals surface area contributed by atoms with Crippen LogP contribution in [-0.2, 0) is 32.8 Å². The summed E-state index contributed by atoms with van der Waals surface area (Å²) in [6.45, 7) is 12.6. The van der Waals surface area contributed by atoms with Gasteiger partial charge in [0.05, 0.1) is 0 Å². The molecule has 0 bridgehead atoms. The average Bonchev–Trinajstić information content (AvgIpc) is 2.90. The van der Waals surface area contributed by atoms with Gasteiger partial charge in [0.2, 0.25) is 0 Å². The minimum atomic E-state index is -3.91. The van der Waals surface area contributed by atoms with E-state index in [2.05, 4.69) is 53.7 Å². The standard InChI is InChI=1S/C24H27N2O2S.C9H11.Ru/c1-24(2,3)20-14-16-21(17-15-20)29(27,28)26-23(19-12-8-5-9-13-19)22(25)18-10-6-4-7-11-18;1-7-4-8(2)6-9(3)5-7;/h4-17,22-23H,25H2,1-3H3;4-5H,1-3H3;/q-1;;+1. The molecule has 2 atom stereocenters. The maximum absolute atomic E-state index is 14.6. The number of hydrogen-bond acceptors (Lipinski definition) is 3. The van der Waals surface area contributed by atoms with Crippen molar-refractivity contribution in [2.45, 2.75) is 63.9 Å². The third-order valence-electron chi connectivity index (χ3n) is 6.84. The van der Waals surface area contributed by atoms with Crippen LogP contribution in [0.5, 0.6) is 0 Å². The summed E-state index contributed by atoms with van der Waals surface area (Å²) in [5.41, 5.74) is 13.2. The van der Waals surface area contributed by atoms with Crippen LogP contribution in [0.3, 0.4) is 0 Å². The zero-order valence-electron chi connectivity index (χ0n) is 23.5. The summed E-state index contributed by atoms with van der Waals surface area (Å²) in [6.07, 6.45) is 0. The van der Waals surface area contributed by atoms with E-state index in [9.17, 15) is 8.42 Å². The second kappa shape index (κ2) is 11.9. The van der Waals surface area contributed by atoms with Gasteiger partial charge < -0.3 is 0 Å². The summed E-state index contributed by atoms with van der Waals surface area (Å²) in [7, 11) is -3.91. The molecule has 0 amide bonds. The summed E-state index contributed by atoms with van der Waals surface area (Å²) in [5.74, 6) is 0. The van der Waals surface area contributed by atoms with Gasteiger partial charge in [0.25, 0.3) is 0 Å². The molecule has 0 aromatic heterocycles. The Hall–Kier alpha value is -2.63. The zero-order valence-corrected chi connectivity index (χ0v) is 26.0. The fourth-order valence-electron chi connectivity index (χ4n) is 4.78. The van der Waals surface area contributed by atoms with Crippen molar-refractivity contribution in [3.63, 3.8) is 0 Å². The molecular weight excluding hydrogens is 590 g/mol. The van der Waals surface area contributed by atoms with Gasteiger partial charge in [0, 0.05) is 0 Å². The Balaban J connectivity index is 1.93. The van der Waals surface area contributed by atoms with Crippen LogP contribution >= 0.6 is 0 Å². The molecule has 0 fully saturated rings. The third kappa shape index (κ3) is 6.58. The Morgan fingerprint density at radius 3 is 1.72 bits per heavy atom. The van der Waals surface area contributed by atoms with E-state index in [4.69, 9.17) is 5.73 Å². The van der Waals surface area contributed by atoms with Crippen LogP contribution in [0.15, 0.2) is 102 Å². The van der Waals surface area contributed by atoms with E-state index in [1.165, 1.54) is 5.56 Å². The quantitative estimate of drug-likeness (QED) is 0.222. The first kappa shape index (κ1) is 29.4. The molecule has 4 aromatic rings. The molecule has 6 heteroatoms. The Morgan fingerprint density at radius 1 is 0.744 bits per heavy atom. The van der Waals surface area contributed by atoms with Gasteiger partial charge in [0.15, 0.2) is 0 Å². The van der Waals surface area contributed by atoms with Crippen LogP contribution in [0, 0.1) is 20.8 Å². The first-order valence-corrected chi connectivity index (χ1v) is 16.2. The van der Waals surface area contributed by atoms with Crippen LogP contribution in [0.2, 0.25) is 0 Å². The number of aryl methyl sites for hydroxylation is 3. The van der Waals surface area contributed by atoms with Gasteiger partial charge in [-0.2, -0.15) is 0 Å². The number of rotatable bonds is 8. The summed E-state index contributed by atoms with van der Waals surface area (Å²) >= 11 is -0.918. The molecule has 0 spiro atoms. The van der Waals surface area contributed by atoms with Crippen molar-refractivity contribution in [3.05, 3.63) is 130 Å². The van der Waals surface area contributed by atoms with Crippen molar-refractivity contribution in [1.82, 2.24) is 3.05 Å². The molecule has 0 saturated carbocycles. The van der Waals surface area contributed by atoms with Gasteiger partial charge >= 0.3 is 243 Å². The van der Waals surface area contributed by atoms with Gasteiger partial charge in [-0.15, -0.1) is 0 Å². The molecule has 0 saturated heterocycles. The summed E-state index contributed by atoms with van der Waals surface area (Å²) in [6, 6.07) is 30.1. The molecule has 2 unspecified atom stereocenters. The summed E-state index contributed by atoms with van der Waals surface area (Å²) < 4.78 is 32.0. The predicted molar refractivity (Wildman–Crippen MR) is 157 cm³/mol. The predicted octanol–water partition coefficient (Wildman–Crippen LogP) is 6.66. The van der Waals surface area contributed by atoms with Crippen molar-refractivity contribution in [2.24, 2.45) is 5.73 Å². The molecule has 4 nitrogen and oxygen atoms in total. The molecular formula is C33H38N2O2RuS. The van der Waals surface area contributed by atoms with Crippen LogP contribution in [0.1, 0.15) is 66.2 Å². The van der Waals surface area contributed by atoms with Crippen molar-refractivity contribution in [2.75, 3.05) is 0 Å². The number of nitrogens with two attached hydrogens (primary N) is 1. The second-order valence-corrected chi connectivity index (χ2v) is 15.5. The SMILES string of the molecule is Cc1cc(C)[c]([Ru][N](C(c2ccccc2)C(N)c2ccccc2)S(=O)(=O)c2ccc(C(C)(C)C)cc2)c(C)c1. The Kier molecular flexibility index (Phi) is 8.92. The van der Waals surface area contributed by atoms with E-state index in [-0.39, 0.29) is 10.3 Å². The Bertz CT molecular complexity index is 1490. The third-order valence-corrected chi connectivity index (χ3v) is 12.6. The Labute approximate surface area is 242 Å². The molecule has 0 radical (unpaired) electrons. The molecule has 0 aliphatic carbocycles. The Morgan fingerprint density at radius 2 is 1.23 bits per heavy atom. The van der Waals surface area contributed by atoms with Crippen LogP contribution in [-0.4, -0.2) is 11.5 Å².